The minimum Gasteiger partial charge on any atom is -0.395 e. The number of unbranched alkanes of at least 4 members (excludes halogenated alkanes) is 8. The third-order valence-electron chi connectivity index (χ3n) is 5.48. The number of rotatable bonds is 22. The summed E-state index contributed by atoms with van der Waals surface area (Å²) < 4.78 is 0. The molecule has 0 fully saturated rings. The van der Waals surface area contributed by atoms with Crippen LogP contribution in [0.1, 0.15) is 104 Å². The van der Waals surface area contributed by atoms with E-state index in [2.05, 4.69) is 38.2 Å². The first kappa shape index (κ1) is 29.3. The monoisotopic (exact) mass is 425 g/mol. The number of aliphatic hydroxyl groups is 3. The highest BCUT2D eigenvalue weighted by Gasteiger charge is 2.15. The molecule has 2 atom stereocenters. The van der Waals surface area contributed by atoms with E-state index in [4.69, 9.17) is 0 Å². The molecule has 0 spiro atoms. The molecule has 0 aliphatic rings. The number of hydrogen-bond acceptors (Lipinski definition) is 4. The molecule has 4 nitrogen and oxygen atoms in total. The number of allylic oxidation sites excluding steroid dienone is 4. The maximum atomic E-state index is 10.3. The van der Waals surface area contributed by atoms with E-state index in [-0.39, 0.29) is 18.8 Å². The summed E-state index contributed by atoms with van der Waals surface area (Å²) in [4.78, 5) is 2.01. The molecule has 0 rings (SSSR count). The maximum absolute atomic E-state index is 10.3. The summed E-state index contributed by atoms with van der Waals surface area (Å²) in [5.41, 5.74) is 0. The first-order valence-electron chi connectivity index (χ1n) is 12.6. The lowest BCUT2D eigenvalue weighted by Crippen LogP contribution is -2.39. The van der Waals surface area contributed by atoms with Crippen LogP contribution in [0.4, 0.5) is 0 Å². The van der Waals surface area contributed by atoms with Crippen LogP contribution >= 0.6 is 0 Å². The predicted octanol–water partition coefficient (Wildman–Crippen LogP) is 5.62. The largest absolute Gasteiger partial charge is 0.395 e. The van der Waals surface area contributed by atoms with Crippen LogP contribution in [0.15, 0.2) is 24.3 Å². The molecule has 0 aliphatic carbocycles. The number of nitrogens with zero attached hydrogens (tertiary/aromatic N) is 1. The molecule has 0 bridgehead atoms. The standard InChI is InChI=1S/C26H51NO3/c1-3-5-7-9-11-13-15-17-19-25(29)23-27(21-22-28)24-26(30)20-18-16-14-12-10-8-6-4-2/h5-8,25-26,28-30H,3-4,9-24H2,1-2H3/b7-5+,8-6+. The van der Waals surface area contributed by atoms with Crippen LogP contribution in [0.25, 0.3) is 0 Å². The Morgan fingerprint density at radius 2 is 1.07 bits per heavy atom. The minimum absolute atomic E-state index is 0.0655. The quantitative estimate of drug-likeness (QED) is 0.156. The molecular formula is C26H51NO3. The highest BCUT2D eigenvalue weighted by atomic mass is 16.3. The van der Waals surface area contributed by atoms with Crippen molar-refractivity contribution in [2.24, 2.45) is 0 Å². The van der Waals surface area contributed by atoms with Crippen molar-refractivity contribution in [2.75, 3.05) is 26.2 Å². The van der Waals surface area contributed by atoms with Crippen molar-refractivity contribution in [3.05, 3.63) is 24.3 Å². The van der Waals surface area contributed by atoms with Gasteiger partial charge in [-0.3, -0.25) is 4.90 Å². The third-order valence-corrected chi connectivity index (χ3v) is 5.48. The molecule has 0 aromatic heterocycles. The second kappa shape index (κ2) is 23.0. The van der Waals surface area contributed by atoms with Crippen LogP contribution in [-0.4, -0.2) is 58.7 Å². The van der Waals surface area contributed by atoms with E-state index in [1.165, 1.54) is 25.7 Å². The van der Waals surface area contributed by atoms with E-state index in [9.17, 15) is 15.3 Å². The van der Waals surface area contributed by atoms with Gasteiger partial charge in [-0.15, -0.1) is 0 Å². The zero-order valence-electron chi connectivity index (χ0n) is 20.0. The van der Waals surface area contributed by atoms with Crippen LogP contribution in [0.3, 0.4) is 0 Å². The SMILES string of the molecule is CC/C=C/CCCCCCC(O)CN(CCO)CC(O)CCCCCC/C=C/CC. The van der Waals surface area contributed by atoms with Gasteiger partial charge in [0.1, 0.15) is 0 Å². The van der Waals surface area contributed by atoms with Crippen molar-refractivity contribution in [3.8, 4) is 0 Å². The molecule has 0 aromatic rings. The first-order valence-corrected chi connectivity index (χ1v) is 12.6. The number of aliphatic hydroxyl groups excluding tert-OH is 3. The Morgan fingerprint density at radius 3 is 1.47 bits per heavy atom. The van der Waals surface area contributed by atoms with Crippen molar-refractivity contribution in [1.82, 2.24) is 4.90 Å². The van der Waals surface area contributed by atoms with Crippen LogP contribution in [0.5, 0.6) is 0 Å². The van der Waals surface area contributed by atoms with E-state index in [0.717, 1.165) is 64.2 Å². The Bertz CT molecular complexity index is 364. The van der Waals surface area contributed by atoms with Gasteiger partial charge < -0.3 is 15.3 Å². The van der Waals surface area contributed by atoms with Crippen LogP contribution in [-0.2, 0) is 0 Å². The van der Waals surface area contributed by atoms with Crippen LogP contribution in [0.2, 0.25) is 0 Å². The van der Waals surface area contributed by atoms with Crippen molar-refractivity contribution < 1.29 is 15.3 Å². The van der Waals surface area contributed by atoms with E-state index < -0.39 is 0 Å². The molecule has 0 saturated heterocycles. The van der Waals surface area contributed by atoms with Gasteiger partial charge in [-0.25, -0.2) is 0 Å². The molecule has 0 radical (unpaired) electrons. The lowest BCUT2D eigenvalue weighted by atomic mass is 10.1. The highest BCUT2D eigenvalue weighted by molar-refractivity contribution is 4.80. The van der Waals surface area contributed by atoms with Crippen molar-refractivity contribution in [1.29, 1.82) is 0 Å². The zero-order valence-corrected chi connectivity index (χ0v) is 20.0. The van der Waals surface area contributed by atoms with Gasteiger partial charge in [0.15, 0.2) is 0 Å². The van der Waals surface area contributed by atoms with Crippen molar-refractivity contribution in [2.45, 2.75) is 116 Å². The highest BCUT2D eigenvalue weighted by Crippen LogP contribution is 2.12. The average molecular weight is 426 g/mol. The molecule has 2 unspecified atom stereocenters. The van der Waals surface area contributed by atoms with Gasteiger partial charge in [0, 0.05) is 19.6 Å². The Labute approximate surface area is 187 Å². The summed E-state index contributed by atoms with van der Waals surface area (Å²) in [6.07, 6.45) is 23.7. The molecule has 0 amide bonds. The summed E-state index contributed by atoms with van der Waals surface area (Å²) >= 11 is 0. The molecule has 0 aromatic carbocycles. The first-order chi connectivity index (χ1) is 14.6. The Balaban J connectivity index is 3.84. The van der Waals surface area contributed by atoms with E-state index in [0.29, 0.717) is 19.6 Å². The average Bonchev–Trinajstić information content (AvgIpc) is 2.72. The fourth-order valence-electron chi connectivity index (χ4n) is 3.74. The summed E-state index contributed by atoms with van der Waals surface area (Å²) in [6.45, 7) is 5.98. The third kappa shape index (κ3) is 20.6. The van der Waals surface area contributed by atoms with Gasteiger partial charge >= 0.3 is 0 Å². The number of hydrogen-bond donors (Lipinski definition) is 3. The smallest absolute Gasteiger partial charge is 0.0667 e. The predicted molar refractivity (Wildman–Crippen MR) is 130 cm³/mol. The summed E-state index contributed by atoms with van der Waals surface area (Å²) in [5, 5.41) is 30.0. The Morgan fingerprint density at radius 1 is 0.633 bits per heavy atom. The molecule has 4 heteroatoms. The minimum atomic E-state index is -0.375. The molecular weight excluding hydrogens is 374 g/mol. The molecule has 30 heavy (non-hydrogen) atoms. The molecule has 178 valence electrons. The van der Waals surface area contributed by atoms with E-state index in [1.807, 2.05) is 4.90 Å². The lowest BCUT2D eigenvalue weighted by molar-refractivity contribution is 0.0519. The van der Waals surface area contributed by atoms with Crippen molar-refractivity contribution in [3.63, 3.8) is 0 Å². The topological polar surface area (TPSA) is 63.9 Å². The fourth-order valence-corrected chi connectivity index (χ4v) is 3.74. The van der Waals surface area contributed by atoms with Gasteiger partial charge in [0.2, 0.25) is 0 Å². The van der Waals surface area contributed by atoms with Gasteiger partial charge in [0.05, 0.1) is 18.8 Å². The van der Waals surface area contributed by atoms with Crippen LogP contribution in [0, 0.1) is 0 Å². The summed E-state index contributed by atoms with van der Waals surface area (Å²) in [6, 6.07) is 0. The lowest BCUT2D eigenvalue weighted by Gasteiger charge is -2.26. The maximum Gasteiger partial charge on any atom is 0.0667 e. The summed E-state index contributed by atoms with van der Waals surface area (Å²) in [5.74, 6) is 0. The second-order valence-electron chi connectivity index (χ2n) is 8.53. The summed E-state index contributed by atoms with van der Waals surface area (Å²) in [7, 11) is 0. The van der Waals surface area contributed by atoms with Gasteiger partial charge in [-0.2, -0.15) is 0 Å². The Hall–Kier alpha value is -0.680. The van der Waals surface area contributed by atoms with E-state index >= 15 is 0 Å². The van der Waals surface area contributed by atoms with Crippen LogP contribution < -0.4 is 0 Å². The van der Waals surface area contributed by atoms with Gasteiger partial charge in [-0.05, 0) is 51.4 Å². The zero-order chi connectivity index (χ0) is 22.3. The molecule has 3 N–H and O–H groups in total. The molecule has 0 heterocycles. The molecule has 0 aliphatic heterocycles. The fraction of sp³-hybridized carbons (Fsp3) is 0.846. The van der Waals surface area contributed by atoms with Gasteiger partial charge in [-0.1, -0.05) is 76.7 Å². The normalized spacial score (nSPS) is 14.3. The second-order valence-corrected chi connectivity index (χ2v) is 8.53. The van der Waals surface area contributed by atoms with Crippen molar-refractivity contribution >= 4 is 0 Å². The Kier molecular flexibility index (Phi) is 22.5. The van der Waals surface area contributed by atoms with Gasteiger partial charge in [0.25, 0.3) is 0 Å². The molecule has 0 saturated carbocycles. The van der Waals surface area contributed by atoms with E-state index in [1.54, 1.807) is 0 Å².